The summed E-state index contributed by atoms with van der Waals surface area (Å²) in [7, 11) is 1.30. The van der Waals surface area contributed by atoms with Gasteiger partial charge in [-0.25, -0.2) is 9.18 Å². The van der Waals surface area contributed by atoms with Crippen molar-refractivity contribution in [1.29, 1.82) is 0 Å². The fourth-order valence-electron chi connectivity index (χ4n) is 1.83. The number of furan rings is 1. The van der Waals surface area contributed by atoms with Gasteiger partial charge >= 0.3 is 5.97 Å². The summed E-state index contributed by atoms with van der Waals surface area (Å²) < 4.78 is 23.0. The molecule has 0 radical (unpaired) electrons. The topological polar surface area (TPSA) is 51.5 Å². The number of hydrogen-bond acceptors (Lipinski definition) is 4. The zero-order valence-electron chi connectivity index (χ0n) is 11.4. The van der Waals surface area contributed by atoms with E-state index in [-0.39, 0.29) is 17.6 Å². The molecule has 1 heterocycles. The third-order valence-corrected chi connectivity index (χ3v) is 2.98. The minimum absolute atomic E-state index is 0.0302. The molecule has 0 saturated carbocycles. The number of rotatable bonds is 5. The van der Waals surface area contributed by atoms with Crippen LogP contribution >= 0.6 is 0 Å². The van der Waals surface area contributed by atoms with Crippen molar-refractivity contribution in [2.75, 3.05) is 7.11 Å². The largest absolute Gasteiger partial charge is 0.463 e. The molecule has 1 atom stereocenters. The molecule has 0 spiro atoms. The number of carbonyl (C=O) groups is 1. The van der Waals surface area contributed by atoms with Crippen LogP contribution in [0.5, 0.6) is 0 Å². The molecule has 5 heteroatoms. The van der Waals surface area contributed by atoms with Crippen molar-refractivity contribution in [2.45, 2.75) is 19.5 Å². The molecule has 1 aromatic carbocycles. The fourth-order valence-corrected chi connectivity index (χ4v) is 1.83. The summed E-state index contributed by atoms with van der Waals surface area (Å²) >= 11 is 0. The maximum Gasteiger partial charge on any atom is 0.373 e. The normalized spacial score (nSPS) is 12.2. The van der Waals surface area contributed by atoms with Crippen molar-refractivity contribution in [1.82, 2.24) is 5.32 Å². The van der Waals surface area contributed by atoms with Crippen molar-refractivity contribution in [3.05, 3.63) is 59.3 Å². The summed E-state index contributed by atoms with van der Waals surface area (Å²) in [4.78, 5) is 11.2. The van der Waals surface area contributed by atoms with Crippen LogP contribution in [0.1, 0.15) is 34.8 Å². The summed E-state index contributed by atoms with van der Waals surface area (Å²) in [5.74, 6) is 0.0212. The first-order chi connectivity index (χ1) is 9.60. The van der Waals surface area contributed by atoms with Gasteiger partial charge in [0.05, 0.1) is 13.7 Å². The van der Waals surface area contributed by atoms with E-state index >= 15 is 0 Å². The second-order valence-electron chi connectivity index (χ2n) is 4.42. The van der Waals surface area contributed by atoms with Crippen LogP contribution in [0.15, 0.2) is 40.8 Å². The van der Waals surface area contributed by atoms with Gasteiger partial charge in [0.25, 0.3) is 0 Å². The number of esters is 1. The number of carbonyl (C=O) groups excluding carboxylic acids is 1. The zero-order chi connectivity index (χ0) is 14.5. The lowest BCUT2D eigenvalue weighted by Crippen LogP contribution is -2.17. The minimum atomic E-state index is -0.505. The Kier molecular flexibility index (Phi) is 4.53. The highest BCUT2D eigenvalue weighted by molar-refractivity contribution is 5.86. The van der Waals surface area contributed by atoms with Gasteiger partial charge in [0.15, 0.2) is 0 Å². The van der Waals surface area contributed by atoms with Gasteiger partial charge in [-0.15, -0.1) is 0 Å². The first kappa shape index (κ1) is 14.3. The third-order valence-electron chi connectivity index (χ3n) is 2.98. The van der Waals surface area contributed by atoms with E-state index in [1.54, 1.807) is 18.2 Å². The van der Waals surface area contributed by atoms with E-state index in [4.69, 9.17) is 4.42 Å². The molecule has 0 saturated heterocycles. The monoisotopic (exact) mass is 277 g/mol. The Morgan fingerprint density at radius 1 is 1.40 bits per heavy atom. The van der Waals surface area contributed by atoms with Crippen LogP contribution in [0, 0.1) is 5.82 Å². The second kappa shape index (κ2) is 6.34. The van der Waals surface area contributed by atoms with E-state index in [2.05, 4.69) is 10.1 Å². The fraction of sp³-hybridized carbons (Fsp3) is 0.267. The van der Waals surface area contributed by atoms with Gasteiger partial charge in [-0.05, 0) is 36.8 Å². The Bertz CT molecular complexity index is 594. The van der Waals surface area contributed by atoms with Gasteiger partial charge in [-0.1, -0.05) is 12.1 Å². The molecule has 1 N–H and O–H groups in total. The van der Waals surface area contributed by atoms with Gasteiger partial charge in [0, 0.05) is 6.04 Å². The highest BCUT2D eigenvalue weighted by atomic mass is 19.1. The smallest absolute Gasteiger partial charge is 0.373 e. The maximum atomic E-state index is 13.1. The van der Waals surface area contributed by atoms with Crippen molar-refractivity contribution >= 4 is 5.97 Å². The third kappa shape index (κ3) is 3.45. The average molecular weight is 277 g/mol. The number of hydrogen-bond donors (Lipinski definition) is 1. The van der Waals surface area contributed by atoms with E-state index < -0.39 is 5.97 Å². The lowest BCUT2D eigenvalue weighted by Gasteiger charge is -2.13. The number of ether oxygens (including phenoxy) is 1. The van der Waals surface area contributed by atoms with E-state index in [1.807, 2.05) is 13.0 Å². The number of nitrogens with one attached hydrogen (secondary N) is 1. The Hall–Kier alpha value is -2.14. The van der Waals surface area contributed by atoms with E-state index in [9.17, 15) is 9.18 Å². The molecule has 0 amide bonds. The quantitative estimate of drug-likeness (QED) is 0.853. The molecule has 0 bridgehead atoms. The predicted octanol–water partition coefficient (Wildman–Crippen LogP) is 3.06. The number of benzene rings is 1. The van der Waals surface area contributed by atoms with Crippen LogP contribution in [-0.4, -0.2) is 13.1 Å². The average Bonchev–Trinajstić information content (AvgIpc) is 2.92. The predicted molar refractivity (Wildman–Crippen MR) is 71.7 cm³/mol. The van der Waals surface area contributed by atoms with Crippen molar-refractivity contribution in [3.63, 3.8) is 0 Å². The van der Waals surface area contributed by atoms with Crippen LogP contribution in [0.3, 0.4) is 0 Å². The molecular weight excluding hydrogens is 261 g/mol. The standard InChI is InChI=1S/C15H16FNO3/c1-10(11-4-3-5-12(16)8-11)17-9-13-6-7-14(20-13)15(18)19-2/h3-8,10,17H,9H2,1-2H3. The van der Waals surface area contributed by atoms with Crippen LogP contribution in [0.25, 0.3) is 0 Å². The summed E-state index contributed by atoms with van der Waals surface area (Å²) in [6.07, 6.45) is 0. The Balaban J connectivity index is 1.95. The Morgan fingerprint density at radius 2 is 2.20 bits per heavy atom. The van der Waals surface area contributed by atoms with Gasteiger partial charge in [0.2, 0.25) is 5.76 Å². The lowest BCUT2D eigenvalue weighted by molar-refractivity contribution is 0.0563. The van der Waals surface area contributed by atoms with Crippen molar-refractivity contribution in [3.8, 4) is 0 Å². The van der Waals surface area contributed by atoms with Gasteiger partial charge in [-0.3, -0.25) is 0 Å². The van der Waals surface area contributed by atoms with Gasteiger partial charge < -0.3 is 14.5 Å². The molecule has 4 nitrogen and oxygen atoms in total. The van der Waals surface area contributed by atoms with Crippen LogP contribution in [0.2, 0.25) is 0 Å². The minimum Gasteiger partial charge on any atom is -0.463 e. The lowest BCUT2D eigenvalue weighted by atomic mass is 10.1. The van der Waals surface area contributed by atoms with E-state index in [0.717, 1.165) is 5.56 Å². The Morgan fingerprint density at radius 3 is 2.90 bits per heavy atom. The summed E-state index contributed by atoms with van der Waals surface area (Å²) in [5.41, 5.74) is 0.852. The molecule has 20 heavy (non-hydrogen) atoms. The number of halogens is 1. The van der Waals surface area contributed by atoms with E-state index in [0.29, 0.717) is 12.3 Å². The van der Waals surface area contributed by atoms with E-state index in [1.165, 1.54) is 19.2 Å². The first-order valence-corrected chi connectivity index (χ1v) is 6.26. The summed E-state index contributed by atoms with van der Waals surface area (Å²) in [6.45, 7) is 2.37. The molecule has 0 fully saturated rings. The number of methoxy groups -OCH3 is 1. The first-order valence-electron chi connectivity index (χ1n) is 6.26. The van der Waals surface area contributed by atoms with Crippen molar-refractivity contribution in [2.24, 2.45) is 0 Å². The highest BCUT2D eigenvalue weighted by Crippen LogP contribution is 2.15. The molecule has 0 aliphatic heterocycles. The van der Waals surface area contributed by atoms with Gasteiger partial charge in [-0.2, -0.15) is 0 Å². The molecule has 0 aliphatic rings. The second-order valence-corrected chi connectivity index (χ2v) is 4.42. The van der Waals surface area contributed by atoms with Gasteiger partial charge in [0.1, 0.15) is 11.6 Å². The summed E-state index contributed by atoms with van der Waals surface area (Å²) in [5, 5.41) is 3.20. The molecule has 106 valence electrons. The Labute approximate surface area is 116 Å². The molecule has 2 rings (SSSR count). The highest BCUT2D eigenvalue weighted by Gasteiger charge is 2.12. The SMILES string of the molecule is COC(=O)c1ccc(CNC(C)c2cccc(F)c2)o1. The van der Waals surface area contributed by atoms with Crippen molar-refractivity contribution < 1.29 is 18.3 Å². The van der Waals surface area contributed by atoms with Crippen LogP contribution < -0.4 is 5.32 Å². The molecule has 2 aromatic rings. The molecule has 0 aliphatic carbocycles. The maximum absolute atomic E-state index is 13.1. The van der Waals surface area contributed by atoms with Crippen LogP contribution in [0.4, 0.5) is 4.39 Å². The summed E-state index contributed by atoms with van der Waals surface area (Å²) in [6, 6.07) is 9.66. The molecular formula is C15H16FNO3. The molecule has 1 unspecified atom stereocenters. The molecule has 1 aromatic heterocycles. The zero-order valence-corrected chi connectivity index (χ0v) is 11.4. The van der Waals surface area contributed by atoms with Crippen LogP contribution in [-0.2, 0) is 11.3 Å².